The van der Waals surface area contributed by atoms with Crippen LogP contribution in [0.4, 0.5) is 10.8 Å². The third-order valence-corrected chi connectivity index (χ3v) is 6.94. The van der Waals surface area contributed by atoms with Gasteiger partial charge in [-0.3, -0.25) is 14.5 Å². The Kier molecular flexibility index (Phi) is 5.85. The highest BCUT2D eigenvalue weighted by Crippen LogP contribution is 2.49. The summed E-state index contributed by atoms with van der Waals surface area (Å²) in [6.07, 6.45) is 5.57. The number of anilines is 2. The minimum atomic E-state index is -0.163. The van der Waals surface area contributed by atoms with Crippen LogP contribution in [-0.2, 0) is 20.9 Å². The Morgan fingerprint density at radius 1 is 1.24 bits per heavy atom. The summed E-state index contributed by atoms with van der Waals surface area (Å²) in [5, 5.41) is 2.35. The molecule has 2 aliphatic carbocycles. The zero-order valence-electron chi connectivity index (χ0n) is 16.8. The summed E-state index contributed by atoms with van der Waals surface area (Å²) < 4.78 is 10.9. The molecule has 1 aromatic carbocycles. The molecular formula is C22H26N2O4S. The van der Waals surface area contributed by atoms with Gasteiger partial charge in [-0.05, 0) is 49.1 Å². The predicted octanol–water partition coefficient (Wildman–Crippen LogP) is 4.71. The molecule has 2 aromatic rings. The zero-order chi connectivity index (χ0) is 20.4. The molecule has 0 aliphatic heterocycles. The van der Waals surface area contributed by atoms with Crippen LogP contribution in [0.2, 0.25) is 0 Å². The largest absolute Gasteiger partial charge is 0.495 e. The number of hydrogen-bond donors (Lipinski definition) is 0. The van der Waals surface area contributed by atoms with E-state index < -0.39 is 0 Å². The molecule has 0 spiro atoms. The molecule has 0 unspecified atom stereocenters. The average Bonchev–Trinajstić information content (AvgIpc) is 3.44. The molecular weight excluding hydrogens is 388 g/mol. The van der Waals surface area contributed by atoms with Gasteiger partial charge in [-0.1, -0.05) is 18.6 Å². The van der Waals surface area contributed by atoms with Crippen LogP contribution in [0.3, 0.4) is 0 Å². The van der Waals surface area contributed by atoms with Crippen molar-refractivity contribution in [1.29, 1.82) is 0 Å². The van der Waals surface area contributed by atoms with Gasteiger partial charge in [-0.2, -0.15) is 0 Å². The second kappa shape index (κ2) is 8.53. The first kappa shape index (κ1) is 19.9. The molecule has 2 bridgehead atoms. The number of aromatic nitrogens is 1. The van der Waals surface area contributed by atoms with Gasteiger partial charge in [0.1, 0.15) is 12.4 Å². The monoisotopic (exact) mass is 414 g/mol. The highest BCUT2D eigenvalue weighted by atomic mass is 32.1. The Labute approximate surface area is 174 Å². The first-order valence-corrected chi connectivity index (χ1v) is 11.0. The molecule has 2 fully saturated rings. The fourth-order valence-corrected chi connectivity index (χ4v) is 5.61. The Bertz CT molecular complexity index is 896. The number of para-hydroxylation sites is 2. The second-order valence-electron chi connectivity index (χ2n) is 7.95. The van der Waals surface area contributed by atoms with Crippen LogP contribution in [0.1, 0.15) is 44.7 Å². The SMILES string of the molecule is COc1ccccc1N(C(C)=O)c1nc(COC(=O)C[C@H]2C[C@H]3CC[C@H]2C3)cs1. The summed E-state index contributed by atoms with van der Waals surface area (Å²) in [5.41, 5.74) is 1.28. The van der Waals surface area contributed by atoms with Crippen LogP contribution >= 0.6 is 11.3 Å². The highest BCUT2D eigenvalue weighted by Gasteiger charge is 2.40. The topological polar surface area (TPSA) is 68.7 Å². The molecule has 0 radical (unpaired) electrons. The first-order valence-electron chi connectivity index (χ1n) is 10.1. The van der Waals surface area contributed by atoms with Crippen LogP contribution in [0.15, 0.2) is 29.6 Å². The third kappa shape index (κ3) is 4.29. The van der Waals surface area contributed by atoms with E-state index in [1.165, 1.54) is 48.8 Å². The average molecular weight is 415 g/mol. The van der Waals surface area contributed by atoms with E-state index in [4.69, 9.17) is 9.47 Å². The first-order chi connectivity index (χ1) is 14.0. The molecule has 1 heterocycles. The molecule has 154 valence electrons. The third-order valence-electron chi connectivity index (χ3n) is 6.07. The number of nitrogens with zero attached hydrogens (tertiary/aromatic N) is 2. The van der Waals surface area contributed by atoms with E-state index in [-0.39, 0.29) is 18.5 Å². The van der Waals surface area contributed by atoms with Gasteiger partial charge in [0.25, 0.3) is 0 Å². The highest BCUT2D eigenvalue weighted by molar-refractivity contribution is 7.14. The maximum absolute atomic E-state index is 12.3. The van der Waals surface area contributed by atoms with Gasteiger partial charge in [0.15, 0.2) is 5.13 Å². The van der Waals surface area contributed by atoms with E-state index in [0.29, 0.717) is 40.5 Å². The molecule has 3 atom stereocenters. The van der Waals surface area contributed by atoms with Crippen molar-refractivity contribution in [2.24, 2.45) is 17.8 Å². The van der Waals surface area contributed by atoms with Crippen molar-refractivity contribution >= 4 is 34.0 Å². The number of esters is 1. The van der Waals surface area contributed by atoms with Crippen molar-refractivity contribution < 1.29 is 19.1 Å². The molecule has 0 N–H and O–H groups in total. The molecule has 2 aliphatic rings. The van der Waals surface area contributed by atoms with Gasteiger partial charge in [0.05, 0.1) is 18.5 Å². The maximum atomic E-state index is 12.3. The Morgan fingerprint density at radius 3 is 2.76 bits per heavy atom. The molecule has 7 heteroatoms. The quantitative estimate of drug-likeness (QED) is 0.614. The Hall–Kier alpha value is -2.41. The molecule has 4 rings (SSSR count). The number of amides is 1. The zero-order valence-corrected chi connectivity index (χ0v) is 17.6. The number of benzene rings is 1. The van der Waals surface area contributed by atoms with E-state index in [1.54, 1.807) is 13.2 Å². The standard InChI is InChI=1S/C22H26N2O4S/c1-14(25)24(19-5-3-4-6-20(19)27-2)22-23-18(13-29-22)12-28-21(26)11-17-10-15-7-8-16(17)9-15/h3-6,13,15-17H,7-12H2,1-2H3/t15-,16-,17+/m0/s1. The van der Waals surface area contributed by atoms with Gasteiger partial charge >= 0.3 is 5.97 Å². The molecule has 1 amide bonds. The molecule has 0 saturated heterocycles. The van der Waals surface area contributed by atoms with E-state index in [9.17, 15) is 9.59 Å². The van der Waals surface area contributed by atoms with Crippen LogP contribution in [0.5, 0.6) is 5.75 Å². The summed E-state index contributed by atoms with van der Waals surface area (Å²) in [5.74, 6) is 2.31. The van der Waals surface area contributed by atoms with E-state index in [1.807, 2.05) is 23.6 Å². The summed E-state index contributed by atoms with van der Waals surface area (Å²) in [4.78, 5) is 30.6. The van der Waals surface area contributed by atoms with Crippen LogP contribution in [-0.4, -0.2) is 24.0 Å². The van der Waals surface area contributed by atoms with Gasteiger partial charge < -0.3 is 9.47 Å². The molecule has 29 heavy (non-hydrogen) atoms. The summed E-state index contributed by atoms with van der Waals surface area (Å²) in [6.45, 7) is 1.62. The molecule has 1 aromatic heterocycles. The predicted molar refractivity (Wildman–Crippen MR) is 111 cm³/mol. The van der Waals surface area contributed by atoms with E-state index in [0.717, 1.165) is 5.92 Å². The van der Waals surface area contributed by atoms with Crippen molar-refractivity contribution in [3.63, 3.8) is 0 Å². The second-order valence-corrected chi connectivity index (χ2v) is 8.78. The number of carbonyl (C=O) groups excluding carboxylic acids is 2. The number of methoxy groups -OCH3 is 1. The van der Waals surface area contributed by atoms with Crippen LogP contribution in [0, 0.1) is 17.8 Å². The number of carbonyl (C=O) groups is 2. The molecule has 6 nitrogen and oxygen atoms in total. The summed E-state index contributed by atoms with van der Waals surface area (Å²) in [7, 11) is 1.57. The summed E-state index contributed by atoms with van der Waals surface area (Å²) >= 11 is 1.34. The fourth-order valence-electron chi connectivity index (χ4n) is 4.74. The number of thiazole rings is 1. The smallest absolute Gasteiger partial charge is 0.306 e. The molecule has 2 saturated carbocycles. The normalized spacial score (nSPS) is 22.5. The lowest BCUT2D eigenvalue weighted by Crippen LogP contribution is -2.23. The number of hydrogen-bond acceptors (Lipinski definition) is 6. The van der Waals surface area contributed by atoms with Crippen molar-refractivity contribution in [3.8, 4) is 5.75 Å². The van der Waals surface area contributed by atoms with E-state index in [2.05, 4.69) is 4.98 Å². The Morgan fingerprint density at radius 2 is 2.07 bits per heavy atom. The lowest BCUT2D eigenvalue weighted by atomic mass is 9.86. The fraction of sp³-hybridized carbons (Fsp3) is 0.500. The number of fused-ring (bicyclic) bond motifs is 2. The number of rotatable bonds is 7. The Balaban J connectivity index is 1.39. The van der Waals surface area contributed by atoms with Gasteiger partial charge in [0.2, 0.25) is 5.91 Å². The van der Waals surface area contributed by atoms with Crippen LogP contribution in [0.25, 0.3) is 0 Å². The van der Waals surface area contributed by atoms with Gasteiger partial charge in [0, 0.05) is 18.7 Å². The van der Waals surface area contributed by atoms with Crippen molar-refractivity contribution in [2.45, 2.75) is 45.6 Å². The van der Waals surface area contributed by atoms with Crippen molar-refractivity contribution in [3.05, 3.63) is 35.3 Å². The van der Waals surface area contributed by atoms with E-state index >= 15 is 0 Å². The van der Waals surface area contributed by atoms with Gasteiger partial charge in [-0.25, -0.2) is 4.98 Å². The van der Waals surface area contributed by atoms with Gasteiger partial charge in [-0.15, -0.1) is 11.3 Å². The van der Waals surface area contributed by atoms with Crippen molar-refractivity contribution in [2.75, 3.05) is 12.0 Å². The maximum Gasteiger partial charge on any atom is 0.306 e. The number of ether oxygens (including phenoxy) is 2. The lowest BCUT2D eigenvalue weighted by Gasteiger charge is -2.20. The lowest BCUT2D eigenvalue weighted by molar-refractivity contribution is -0.146. The minimum Gasteiger partial charge on any atom is -0.495 e. The van der Waals surface area contributed by atoms with Crippen molar-refractivity contribution in [1.82, 2.24) is 4.98 Å². The minimum absolute atomic E-state index is 0.133. The summed E-state index contributed by atoms with van der Waals surface area (Å²) in [6, 6.07) is 7.32. The van der Waals surface area contributed by atoms with Crippen LogP contribution < -0.4 is 9.64 Å².